The van der Waals surface area contributed by atoms with Crippen LogP contribution >= 0.6 is 0 Å². The maximum atomic E-state index is 11.0. The number of carbonyl (C=O) groups excluding carboxylic acids is 2. The monoisotopic (exact) mass is 223 g/mol. The number of aliphatic hydroxyl groups excluding tert-OH is 2. The van der Waals surface area contributed by atoms with E-state index < -0.39 is 12.0 Å². The summed E-state index contributed by atoms with van der Waals surface area (Å²) in [6, 6.07) is 4.52. The standard InChI is InChI=1S/C11H13NO4/c12-11(16)10-4-7(3-9(15)6-14)1-2-8(10)5-13/h1-2,4-5,9,14-15H,3,6H2,(H2,12,16). The Hall–Kier alpha value is -1.72. The molecule has 0 radical (unpaired) electrons. The van der Waals surface area contributed by atoms with E-state index in [1.54, 1.807) is 6.07 Å². The largest absolute Gasteiger partial charge is 0.394 e. The summed E-state index contributed by atoms with van der Waals surface area (Å²) >= 11 is 0. The van der Waals surface area contributed by atoms with Crippen molar-refractivity contribution in [3.63, 3.8) is 0 Å². The predicted octanol–water partition coefficient (Wildman–Crippen LogP) is -0.506. The van der Waals surface area contributed by atoms with Gasteiger partial charge in [0.25, 0.3) is 0 Å². The van der Waals surface area contributed by atoms with Crippen LogP contribution in [0.1, 0.15) is 26.3 Å². The minimum absolute atomic E-state index is 0.123. The number of benzene rings is 1. The molecule has 4 N–H and O–H groups in total. The molecular formula is C11H13NO4. The van der Waals surface area contributed by atoms with E-state index in [2.05, 4.69) is 0 Å². The van der Waals surface area contributed by atoms with Crippen LogP contribution in [0.2, 0.25) is 0 Å². The Balaban J connectivity index is 3.02. The minimum atomic E-state index is -0.886. The Labute approximate surface area is 92.5 Å². The summed E-state index contributed by atoms with van der Waals surface area (Å²) in [5, 5.41) is 17.9. The second-order valence-corrected chi connectivity index (χ2v) is 3.44. The predicted molar refractivity (Wildman–Crippen MR) is 57.1 cm³/mol. The van der Waals surface area contributed by atoms with Crippen LogP contribution in [0, 0.1) is 0 Å². The summed E-state index contributed by atoms with van der Waals surface area (Å²) in [5.41, 5.74) is 6.09. The van der Waals surface area contributed by atoms with Crippen molar-refractivity contribution >= 4 is 12.2 Å². The van der Waals surface area contributed by atoms with E-state index in [4.69, 9.17) is 10.8 Å². The highest BCUT2D eigenvalue weighted by Gasteiger charge is 2.10. The second kappa shape index (κ2) is 5.39. The molecule has 5 heteroatoms. The first-order valence-corrected chi connectivity index (χ1v) is 4.75. The number of carbonyl (C=O) groups is 2. The van der Waals surface area contributed by atoms with E-state index in [9.17, 15) is 14.7 Å². The Morgan fingerprint density at radius 2 is 2.19 bits per heavy atom. The first-order chi connectivity index (χ1) is 7.58. The minimum Gasteiger partial charge on any atom is -0.394 e. The molecule has 1 aromatic carbocycles. The molecule has 86 valence electrons. The van der Waals surface area contributed by atoms with Crippen molar-refractivity contribution in [3.05, 3.63) is 34.9 Å². The molecule has 0 saturated heterocycles. The zero-order valence-corrected chi connectivity index (χ0v) is 8.59. The first kappa shape index (κ1) is 12.4. The summed E-state index contributed by atoms with van der Waals surface area (Å²) in [7, 11) is 0. The normalized spacial score (nSPS) is 12.1. The highest BCUT2D eigenvalue weighted by molar-refractivity contribution is 6.00. The van der Waals surface area contributed by atoms with Gasteiger partial charge in [-0.2, -0.15) is 0 Å². The smallest absolute Gasteiger partial charge is 0.249 e. The summed E-state index contributed by atoms with van der Waals surface area (Å²) in [6.45, 7) is -0.360. The number of rotatable bonds is 5. The lowest BCUT2D eigenvalue weighted by Crippen LogP contribution is -2.17. The average Bonchev–Trinajstić information content (AvgIpc) is 2.28. The lowest BCUT2D eigenvalue weighted by molar-refractivity contribution is 0.0952. The van der Waals surface area contributed by atoms with Crippen LogP contribution in [-0.4, -0.2) is 35.1 Å². The molecule has 0 fully saturated rings. The van der Waals surface area contributed by atoms with E-state index in [0.717, 1.165) is 0 Å². The number of aldehydes is 1. The van der Waals surface area contributed by atoms with Gasteiger partial charge in [-0.1, -0.05) is 12.1 Å². The molecule has 1 atom stereocenters. The topological polar surface area (TPSA) is 101 Å². The lowest BCUT2D eigenvalue weighted by atomic mass is 10.0. The molecule has 0 bridgehead atoms. The molecule has 1 amide bonds. The van der Waals surface area contributed by atoms with Gasteiger partial charge in [-0.05, 0) is 11.6 Å². The van der Waals surface area contributed by atoms with Crippen molar-refractivity contribution in [2.75, 3.05) is 6.61 Å². The molecule has 5 nitrogen and oxygen atoms in total. The van der Waals surface area contributed by atoms with Crippen molar-refractivity contribution in [3.8, 4) is 0 Å². The van der Waals surface area contributed by atoms with E-state index >= 15 is 0 Å². The van der Waals surface area contributed by atoms with E-state index in [1.807, 2.05) is 0 Å². The fraction of sp³-hybridized carbons (Fsp3) is 0.273. The zero-order chi connectivity index (χ0) is 12.1. The van der Waals surface area contributed by atoms with Gasteiger partial charge >= 0.3 is 0 Å². The van der Waals surface area contributed by atoms with Gasteiger partial charge in [0.2, 0.25) is 5.91 Å². The Morgan fingerprint density at radius 3 is 2.69 bits per heavy atom. The molecule has 0 aliphatic carbocycles. The molecule has 16 heavy (non-hydrogen) atoms. The molecule has 0 saturated carbocycles. The van der Waals surface area contributed by atoms with Crippen molar-refractivity contribution < 1.29 is 19.8 Å². The summed E-state index contributed by atoms with van der Waals surface area (Å²) in [4.78, 5) is 21.7. The van der Waals surface area contributed by atoms with Crippen LogP contribution in [0.25, 0.3) is 0 Å². The number of hydrogen-bond donors (Lipinski definition) is 3. The van der Waals surface area contributed by atoms with Gasteiger partial charge in [0.05, 0.1) is 12.7 Å². The Morgan fingerprint density at radius 1 is 1.50 bits per heavy atom. The van der Waals surface area contributed by atoms with E-state index in [-0.39, 0.29) is 24.2 Å². The Bertz CT molecular complexity index is 403. The number of nitrogens with two attached hydrogens (primary N) is 1. The fourth-order valence-electron chi connectivity index (χ4n) is 1.38. The van der Waals surface area contributed by atoms with Crippen molar-refractivity contribution in [1.82, 2.24) is 0 Å². The molecule has 1 rings (SSSR count). The number of hydrogen-bond acceptors (Lipinski definition) is 4. The van der Waals surface area contributed by atoms with Crippen molar-refractivity contribution in [2.45, 2.75) is 12.5 Å². The van der Waals surface area contributed by atoms with Gasteiger partial charge in [-0.3, -0.25) is 9.59 Å². The molecule has 0 spiro atoms. The molecule has 0 aromatic heterocycles. The van der Waals surface area contributed by atoms with Crippen LogP contribution in [0.5, 0.6) is 0 Å². The highest BCUT2D eigenvalue weighted by Crippen LogP contribution is 2.11. The van der Waals surface area contributed by atoms with E-state index in [0.29, 0.717) is 11.8 Å². The highest BCUT2D eigenvalue weighted by atomic mass is 16.3. The quantitative estimate of drug-likeness (QED) is 0.585. The third-order valence-electron chi connectivity index (χ3n) is 2.19. The summed E-state index contributed by atoms with van der Waals surface area (Å²) in [5.74, 6) is -0.692. The summed E-state index contributed by atoms with van der Waals surface area (Å²) < 4.78 is 0. The number of primary amides is 1. The van der Waals surface area contributed by atoms with Gasteiger partial charge in [-0.15, -0.1) is 0 Å². The van der Waals surface area contributed by atoms with Crippen LogP contribution in [0.4, 0.5) is 0 Å². The van der Waals surface area contributed by atoms with Gasteiger partial charge in [0.15, 0.2) is 6.29 Å². The Kier molecular flexibility index (Phi) is 4.16. The number of amides is 1. The molecule has 0 heterocycles. The van der Waals surface area contributed by atoms with Gasteiger partial charge < -0.3 is 15.9 Å². The molecule has 0 aliphatic heterocycles. The molecule has 1 aromatic rings. The lowest BCUT2D eigenvalue weighted by Gasteiger charge is -2.08. The summed E-state index contributed by atoms with van der Waals surface area (Å²) in [6.07, 6.45) is -0.134. The third-order valence-corrected chi connectivity index (χ3v) is 2.19. The fourth-order valence-corrected chi connectivity index (χ4v) is 1.38. The molecule has 1 unspecified atom stereocenters. The number of aliphatic hydroxyl groups is 2. The average molecular weight is 223 g/mol. The van der Waals surface area contributed by atoms with Crippen LogP contribution < -0.4 is 5.73 Å². The van der Waals surface area contributed by atoms with Crippen LogP contribution in [0.3, 0.4) is 0 Å². The maximum Gasteiger partial charge on any atom is 0.249 e. The first-order valence-electron chi connectivity index (χ1n) is 4.75. The maximum absolute atomic E-state index is 11.0. The van der Waals surface area contributed by atoms with E-state index in [1.165, 1.54) is 12.1 Å². The van der Waals surface area contributed by atoms with Gasteiger partial charge in [-0.25, -0.2) is 0 Å². The van der Waals surface area contributed by atoms with Gasteiger partial charge in [0.1, 0.15) is 0 Å². The van der Waals surface area contributed by atoms with Crippen molar-refractivity contribution in [2.24, 2.45) is 5.73 Å². The van der Waals surface area contributed by atoms with Crippen LogP contribution in [0.15, 0.2) is 18.2 Å². The zero-order valence-electron chi connectivity index (χ0n) is 8.59. The second-order valence-electron chi connectivity index (χ2n) is 3.44. The van der Waals surface area contributed by atoms with Crippen molar-refractivity contribution in [1.29, 1.82) is 0 Å². The molecule has 0 aliphatic rings. The van der Waals surface area contributed by atoms with Crippen LogP contribution in [-0.2, 0) is 6.42 Å². The van der Waals surface area contributed by atoms with Gasteiger partial charge in [0, 0.05) is 17.5 Å². The third kappa shape index (κ3) is 2.88. The SMILES string of the molecule is NC(=O)c1cc(CC(O)CO)ccc1C=O. The molecular weight excluding hydrogens is 210 g/mol.